The zero-order valence-corrected chi connectivity index (χ0v) is 12.9. The predicted octanol–water partition coefficient (Wildman–Crippen LogP) is 5.20. The lowest BCUT2D eigenvalue weighted by Crippen LogP contribution is -1.98. The van der Waals surface area contributed by atoms with Crippen molar-refractivity contribution < 1.29 is 9.47 Å². The molecule has 0 aromatic heterocycles. The van der Waals surface area contributed by atoms with Crippen LogP contribution in [-0.4, -0.2) is 13.2 Å². The van der Waals surface area contributed by atoms with Crippen LogP contribution in [0.5, 0.6) is 0 Å². The summed E-state index contributed by atoms with van der Waals surface area (Å²) in [5, 5.41) is 0. The molecule has 0 saturated carbocycles. The lowest BCUT2D eigenvalue weighted by atomic mass is 10.2. The van der Waals surface area contributed by atoms with Crippen molar-refractivity contribution in [2.75, 3.05) is 13.2 Å². The van der Waals surface area contributed by atoms with E-state index in [-0.39, 0.29) is 0 Å². The average Bonchev–Trinajstić information content (AvgIpc) is 2.50. The minimum Gasteiger partial charge on any atom is -0.489 e. The van der Waals surface area contributed by atoms with Gasteiger partial charge in [0.25, 0.3) is 0 Å². The number of unbranched alkanes of at least 4 members (excludes halogenated alkanes) is 4. The highest BCUT2D eigenvalue weighted by Gasteiger charge is 2.04. The Kier molecular flexibility index (Phi) is 9.46. The van der Waals surface area contributed by atoms with Crippen LogP contribution < -0.4 is 0 Å². The van der Waals surface area contributed by atoms with Crippen LogP contribution in [0.4, 0.5) is 0 Å². The first-order chi connectivity index (χ1) is 9.88. The van der Waals surface area contributed by atoms with Crippen molar-refractivity contribution in [1.82, 2.24) is 0 Å². The summed E-state index contributed by atoms with van der Waals surface area (Å²) in [5.41, 5.74) is 1.03. The first-order valence-corrected chi connectivity index (χ1v) is 7.81. The monoisotopic (exact) mass is 275 g/mol. The third-order valence-electron chi connectivity index (χ3n) is 3.05. The number of benzene rings is 1. The summed E-state index contributed by atoms with van der Waals surface area (Å²) >= 11 is 0. The molecule has 0 amide bonds. The molecule has 0 atom stereocenters. The van der Waals surface area contributed by atoms with Crippen LogP contribution in [0.2, 0.25) is 0 Å². The van der Waals surface area contributed by atoms with Crippen LogP contribution in [0.15, 0.2) is 30.3 Å². The zero-order chi connectivity index (χ0) is 14.5. The highest BCUT2D eigenvalue weighted by molar-refractivity contribution is 5.56. The molecule has 1 rings (SSSR count). The molecule has 0 aliphatic carbocycles. The van der Waals surface area contributed by atoms with Crippen molar-refractivity contribution in [3.63, 3.8) is 0 Å². The first kappa shape index (κ1) is 16.6. The molecule has 2 nitrogen and oxygen atoms in total. The quantitative estimate of drug-likeness (QED) is 0.408. The van der Waals surface area contributed by atoms with Gasteiger partial charge >= 0.3 is 0 Å². The van der Waals surface area contributed by atoms with Crippen LogP contribution in [0.3, 0.4) is 0 Å². The van der Waals surface area contributed by atoms with Gasteiger partial charge in [-0.05, 0) is 12.8 Å². The van der Waals surface area contributed by atoms with E-state index in [4.69, 9.17) is 9.47 Å². The van der Waals surface area contributed by atoms with Crippen LogP contribution in [0, 0.1) is 6.26 Å². The van der Waals surface area contributed by atoms with Crippen molar-refractivity contribution in [3.8, 4) is 0 Å². The number of ether oxygens (including phenoxy) is 2. The van der Waals surface area contributed by atoms with E-state index in [0.29, 0.717) is 6.61 Å². The average molecular weight is 275 g/mol. The Morgan fingerprint density at radius 1 is 0.900 bits per heavy atom. The lowest BCUT2D eigenvalue weighted by molar-refractivity contribution is 0.198. The molecule has 0 aliphatic heterocycles. The van der Waals surface area contributed by atoms with Crippen LogP contribution >= 0.6 is 0 Å². The molecular formula is C18H27O2. The zero-order valence-electron chi connectivity index (χ0n) is 12.9. The van der Waals surface area contributed by atoms with Crippen molar-refractivity contribution in [2.24, 2.45) is 0 Å². The maximum atomic E-state index is 5.82. The largest absolute Gasteiger partial charge is 0.489 e. The Morgan fingerprint density at radius 3 is 2.20 bits per heavy atom. The second-order valence-electron chi connectivity index (χ2n) is 4.91. The number of hydrogen-bond acceptors (Lipinski definition) is 2. The molecule has 0 unspecified atom stereocenters. The second-order valence-corrected chi connectivity index (χ2v) is 4.91. The van der Waals surface area contributed by atoms with E-state index in [2.05, 4.69) is 20.1 Å². The summed E-state index contributed by atoms with van der Waals surface area (Å²) in [5.74, 6) is 0.721. The van der Waals surface area contributed by atoms with Crippen LogP contribution in [0.25, 0.3) is 5.76 Å². The molecule has 0 N–H and O–H groups in total. The molecule has 2 heteroatoms. The molecule has 0 fully saturated rings. The molecule has 1 aromatic carbocycles. The van der Waals surface area contributed by atoms with E-state index >= 15 is 0 Å². The lowest BCUT2D eigenvalue weighted by Gasteiger charge is -2.10. The van der Waals surface area contributed by atoms with Gasteiger partial charge in [-0.15, -0.1) is 0 Å². The Bertz CT molecular complexity index is 357. The summed E-state index contributed by atoms with van der Waals surface area (Å²) in [6.07, 6.45) is 9.90. The van der Waals surface area contributed by atoms with E-state index < -0.39 is 0 Å². The van der Waals surface area contributed by atoms with E-state index in [9.17, 15) is 0 Å². The van der Waals surface area contributed by atoms with Gasteiger partial charge in [0.05, 0.1) is 13.2 Å². The highest BCUT2D eigenvalue weighted by Crippen LogP contribution is 2.16. The van der Waals surface area contributed by atoms with Gasteiger partial charge in [-0.3, -0.25) is 0 Å². The molecule has 1 radical (unpaired) electrons. The second kappa shape index (κ2) is 11.4. The molecule has 0 bridgehead atoms. The van der Waals surface area contributed by atoms with Gasteiger partial charge in [0, 0.05) is 5.56 Å². The standard InChI is InChI=1S/C18H27O2/c1-3-5-10-14-19-16-18(20-15-11-6-4-2)17-12-8-7-9-13-17/h7-9,12-13H,3-6,10-11,14-15H2,1-2H3. The molecule has 20 heavy (non-hydrogen) atoms. The molecule has 0 aliphatic rings. The smallest absolute Gasteiger partial charge is 0.208 e. The van der Waals surface area contributed by atoms with E-state index in [1.807, 2.05) is 30.3 Å². The highest BCUT2D eigenvalue weighted by atomic mass is 16.5. The molecule has 111 valence electrons. The maximum Gasteiger partial charge on any atom is 0.208 e. The molecule has 1 aromatic rings. The third kappa shape index (κ3) is 7.22. The van der Waals surface area contributed by atoms with Crippen LogP contribution in [-0.2, 0) is 9.47 Å². The fourth-order valence-electron chi connectivity index (χ4n) is 1.83. The van der Waals surface area contributed by atoms with Gasteiger partial charge in [0.2, 0.25) is 6.26 Å². The minimum atomic E-state index is 0.711. The number of rotatable bonds is 11. The van der Waals surface area contributed by atoms with Gasteiger partial charge in [0.1, 0.15) is 0 Å². The Labute approximate surface area is 123 Å². The summed E-state index contributed by atoms with van der Waals surface area (Å²) in [6.45, 7) is 5.81. The van der Waals surface area contributed by atoms with Crippen LogP contribution in [0.1, 0.15) is 57.9 Å². The van der Waals surface area contributed by atoms with Gasteiger partial charge in [-0.1, -0.05) is 69.9 Å². The molecular weight excluding hydrogens is 248 g/mol. The van der Waals surface area contributed by atoms with Gasteiger partial charge in [-0.2, -0.15) is 0 Å². The van der Waals surface area contributed by atoms with Gasteiger partial charge in [-0.25, -0.2) is 0 Å². The first-order valence-electron chi connectivity index (χ1n) is 7.81. The Balaban J connectivity index is 2.48. The maximum absolute atomic E-state index is 5.82. The van der Waals surface area contributed by atoms with Crippen molar-refractivity contribution in [2.45, 2.75) is 52.4 Å². The summed E-state index contributed by atoms with van der Waals surface area (Å²) in [4.78, 5) is 0. The fourth-order valence-corrected chi connectivity index (χ4v) is 1.83. The summed E-state index contributed by atoms with van der Waals surface area (Å²) < 4.78 is 11.3. The Morgan fingerprint density at radius 2 is 1.55 bits per heavy atom. The van der Waals surface area contributed by atoms with E-state index in [0.717, 1.165) is 30.8 Å². The normalized spacial score (nSPS) is 11.4. The topological polar surface area (TPSA) is 18.5 Å². The van der Waals surface area contributed by atoms with Crippen molar-refractivity contribution in [1.29, 1.82) is 0 Å². The van der Waals surface area contributed by atoms with E-state index in [1.54, 1.807) is 0 Å². The number of hydrogen-bond donors (Lipinski definition) is 0. The van der Waals surface area contributed by atoms with Crippen molar-refractivity contribution >= 4 is 5.76 Å². The molecule has 0 heterocycles. The van der Waals surface area contributed by atoms with Gasteiger partial charge < -0.3 is 9.47 Å². The molecule has 0 spiro atoms. The Hall–Kier alpha value is -1.44. The SMILES string of the molecule is CCCCCO[C]=C(OCCCCC)c1ccccc1. The van der Waals surface area contributed by atoms with E-state index in [1.165, 1.54) is 25.7 Å². The summed E-state index contributed by atoms with van der Waals surface area (Å²) in [7, 11) is 0. The third-order valence-corrected chi connectivity index (χ3v) is 3.05. The predicted molar refractivity (Wildman–Crippen MR) is 84.0 cm³/mol. The van der Waals surface area contributed by atoms with Crippen molar-refractivity contribution in [3.05, 3.63) is 42.2 Å². The fraction of sp³-hybridized carbons (Fsp3) is 0.556. The van der Waals surface area contributed by atoms with Gasteiger partial charge in [0.15, 0.2) is 5.76 Å². The minimum absolute atomic E-state index is 0.711. The molecule has 0 saturated heterocycles. The summed E-state index contributed by atoms with van der Waals surface area (Å²) in [6, 6.07) is 10.1.